The Kier molecular flexibility index (Phi) is 5.69. The van der Waals surface area contributed by atoms with Crippen LogP contribution in [0.1, 0.15) is 38.8 Å². The van der Waals surface area contributed by atoms with Gasteiger partial charge in [0.25, 0.3) is 0 Å². The number of rotatable bonds is 7. The highest BCUT2D eigenvalue weighted by Crippen LogP contribution is 2.09. The monoisotopic (exact) mass is 238 g/mol. The quantitative estimate of drug-likeness (QED) is 0.675. The van der Waals surface area contributed by atoms with Gasteiger partial charge in [0, 0.05) is 18.2 Å². The molecule has 5 heteroatoms. The number of aromatic amines is 1. The van der Waals surface area contributed by atoms with Crippen LogP contribution in [0.4, 0.5) is 5.82 Å². The Morgan fingerprint density at radius 2 is 2.41 bits per heavy atom. The number of aromatic nitrogens is 2. The number of aryl methyl sites for hydroxylation is 1. The molecule has 1 heterocycles. The summed E-state index contributed by atoms with van der Waals surface area (Å²) >= 11 is 0. The molecule has 1 unspecified atom stereocenters. The first-order valence-corrected chi connectivity index (χ1v) is 6.19. The van der Waals surface area contributed by atoms with Crippen molar-refractivity contribution in [3.63, 3.8) is 0 Å². The Morgan fingerprint density at radius 1 is 1.65 bits per heavy atom. The van der Waals surface area contributed by atoms with Gasteiger partial charge in [-0.2, -0.15) is 5.10 Å². The Hall–Kier alpha value is -1.36. The predicted molar refractivity (Wildman–Crippen MR) is 68.7 cm³/mol. The van der Waals surface area contributed by atoms with Crippen molar-refractivity contribution < 1.29 is 4.79 Å². The number of hydrogen-bond acceptors (Lipinski definition) is 3. The molecule has 1 aromatic heterocycles. The molecule has 96 valence electrons. The van der Waals surface area contributed by atoms with Gasteiger partial charge in [-0.05, 0) is 25.3 Å². The second-order valence-corrected chi connectivity index (χ2v) is 4.46. The summed E-state index contributed by atoms with van der Waals surface area (Å²) in [5.41, 5.74) is 6.55. The Balaban J connectivity index is 2.34. The van der Waals surface area contributed by atoms with Crippen molar-refractivity contribution in [2.24, 2.45) is 11.7 Å². The Bertz CT molecular complexity index is 348. The van der Waals surface area contributed by atoms with Crippen molar-refractivity contribution in [3.05, 3.63) is 11.8 Å². The van der Waals surface area contributed by atoms with E-state index in [4.69, 9.17) is 5.73 Å². The highest BCUT2D eigenvalue weighted by atomic mass is 16.1. The number of carbonyl (C=O) groups is 1. The van der Waals surface area contributed by atoms with Crippen molar-refractivity contribution in [2.75, 3.05) is 11.9 Å². The van der Waals surface area contributed by atoms with E-state index < -0.39 is 0 Å². The van der Waals surface area contributed by atoms with Crippen LogP contribution in [0.3, 0.4) is 0 Å². The maximum atomic E-state index is 11.6. The molecule has 0 saturated heterocycles. The minimum atomic E-state index is -0.000140. The van der Waals surface area contributed by atoms with Crippen molar-refractivity contribution in [1.29, 1.82) is 0 Å². The molecule has 17 heavy (non-hydrogen) atoms. The van der Waals surface area contributed by atoms with E-state index in [0.29, 0.717) is 24.7 Å². The van der Waals surface area contributed by atoms with Crippen LogP contribution < -0.4 is 11.1 Å². The summed E-state index contributed by atoms with van der Waals surface area (Å²) in [6, 6.07) is 1.88. The third-order valence-electron chi connectivity index (χ3n) is 2.68. The first kappa shape index (κ1) is 13.7. The Morgan fingerprint density at radius 3 is 3.06 bits per heavy atom. The zero-order valence-corrected chi connectivity index (χ0v) is 10.6. The van der Waals surface area contributed by atoms with Gasteiger partial charge in [-0.15, -0.1) is 0 Å². The van der Waals surface area contributed by atoms with Crippen molar-refractivity contribution in [2.45, 2.75) is 39.5 Å². The molecular formula is C12H22N4O. The molecule has 0 aromatic carbocycles. The summed E-state index contributed by atoms with van der Waals surface area (Å²) in [5.74, 6) is 0.995. The van der Waals surface area contributed by atoms with Crippen LogP contribution in [0.15, 0.2) is 6.07 Å². The Labute approximate surface area is 102 Å². The molecule has 0 radical (unpaired) electrons. The number of hydrogen-bond donors (Lipinski definition) is 3. The van der Waals surface area contributed by atoms with Crippen LogP contribution in [0, 0.1) is 5.92 Å². The third-order valence-corrected chi connectivity index (χ3v) is 2.68. The molecule has 1 aromatic rings. The van der Waals surface area contributed by atoms with Crippen LogP contribution in [-0.2, 0) is 11.2 Å². The molecule has 4 N–H and O–H groups in total. The van der Waals surface area contributed by atoms with Crippen molar-refractivity contribution in [1.82, 2.24) is 10.2 Å². The third kappa shape index (κ3) is 4.99. The lowest BCUT2D eigenvalue weighted by Crippen LogP contribution is -2.16. The minimum Gasteiger partial charge on any atom is -0.330 e. The number of nitrogens with zero attached hydrogens (tertiary/aromatic N) is 1. The fourth-order valence-corrected chi connectivity index (χ4v) is 1.52. The van der Waals surface area contributed by atoms with Gasteiger partial charge in [-0.3, -0.25) is 9.89 Å². The van der Waals surface area contributed by atoms with Gasteiger partial charge in [-0.1, -0.05) is 20.3 Å². The summed E-state index contributed by atoms with van der Waals surface area (Å²) in [6.07, 6.45) is 3.32. The highest BCUT2D eigenvalue weighted by Gasteiger charge is 2.07. The molecule has 1 rings (SSSR count). The number of anilines is 1. The van der Waals surface area contributed by atoms with Crippen LogP contribution >= 0.6 is 0 Å². The first-order chi connectivity index (χ1) is 8.15. The molecule has 0 fully saturated rings. The average molecular weight is 238 g/mol. The standard InChI is InChI=1S/C12H22N4O/c1-3-4-10-7-11(16-15-10)14-12(17)6-5-9(2)8-13/h7,9H,3-6,8,13H2,1-2H3,(H2,14,15,16,17). The molecule has 0 aliphatic rings. The lowest BCUT2D eigenvalue weighted by molar-refractivity contribution is -0.116. The zero-order valence-electron chi connectivity index (χ0n) is 10.6. The molecule has 0 bridgehead atoms. The van der Waals surface area contributed by atoms with Gasteiger partial charge in [0.2, 0.25) is 5.91 Å². The molecular weight excluding hydrogens is 216 g/mol. The summed E-state index contributed by atoms with van der Waals surface area (Å²) in [4.78, 5) is 11.6. The zero-order chi connectivity index (χ0) is 12.7. The largest absolute Gasteiger partial charge is 0.330 e. The fourth-order valence-electron chi connectivity index (χ4n) is 1.52. The fraction of sp³-hybridized carbons (Fsp3) is 0.667. The van der Waals surface area contributed by atoms with E-state index in [1.165, 1.54) is 0 Å². The van der Waals surface area contributed by atoms with E-state index in [0.717, 1.165) is 25.0 Å². The summed E-state index contributed by atoms with van der Waals surface area (Å²) in [7, 11) is 0. The van der Waals surface area contributed by atoms with Crippen LogP contribution in [0.2, 0.25) is 0 Å². The molecule has 1 atom stereocenters. The van der Waals surface area contributed by atoms with Crippen molar-refractivity contribution in [3.8, 4) is 0 Å². The molecule has 5 nitrogen and oxygen atoms in total. The molecule has 0 spiro atoms. The number of amides is 1. The molecule has 0 aliphatic heterocycles. The van der Waals surface area contributed by atoms with Gasteiger partial charge in [0.1, 0.15) is 0 Å². The normalized spacial score (nSPS) is 12.4. The highest BCUT2D eigenvalue weighted by molar-refractivity contribution is 5.89. The van der Waals surface area contributed by atoms with Gasteiger partial charge in [-0.25, -0.2) is 0 Å². The van der Waals surface area contributed by atoms with E-state index in [9.17, 15) is 4.79 Å². The van der Waals surface area contributed by atoms with Gasteiger partial charge < -0.3 is 11.1 Å². The molecule has 1 amide bonds. The van der Waals surface area contributed by atoms with Crippen LogP contribution in [-0.4, -0.2) is 22.6 Å². The van der Waals surface area contributed by atoms with E-state index in [2.05, 4.69) is 22.4 Å². The predicted octanol–water partition coefficient (Wildman–Crippen LogP) is 1.68. The number of nitrogens with two attached hydrogens (primary N) is 1. The van der Waals surface area contributed by atoms with E-state index in [-0.39, 0.29) is 5.91 Å². The summed E-state index contributed by atoms with van der Waals surface area (Å²) < 4.78 is 0. The molecule has 0 aliphatic carbocycles. The summed E-state index contributed by atoms with van der Waals surface area (Å²) in [5, 5.41) is 9.72. The topological polar surface area (TPSA) is 83.8 Å². The van der Waals surface area contributed by atoms with E-state index >= 15 is 0 Å². The number of H-pyrrole nitrogens is 1. The van der Waals surface area contributed by atoms with Crippen LogP contribution in [0.5, 0.6) is 0 Å². The van der Waals surface area contributed by atoms with Crippen molar-refractivity contribution >= 4 is 11.7 Å². The number of carbonyl (C=O) groups excluding carboxylic acids is 1. The molecule has 0 saturated carbocycles. The second-order valence-electron chi connectivity index (χ2n) is 4.46. The second kappa shape index (κ2) is 7.06. The maximum absolute atomic E-state index is 11.6. The van der Waals surface area contributed by atoms with Gasteiger partial charge in [0.05, 0.1) is 0 Å². The SMILES string of the molecule is CCCc1cc(NC(=O)CCC(C)CN)n[nH]1. The maximum Gasteiger partial charge on any atom is 0.225 e. The lowest BCUT2D eigenvalue weighted by atomic mass is 10.1. The summed E-state index contributed by atoms with van der Waals surface area (Å²) in [6.45, 7) is 4.77. The first-order valence-electron chi connectivity index (χ1n) is 6.19. The lowest BCUT2D eigenvalue weighted by Gasteiger charge is -2.06. The van der Waals surface area contributed by atoms with E-state index in [1.54, 1.807) is 0 Å². The smallest absolute Gasteiger partial charge is 0.225 e. The average Bonchev–Trinajstić information content (AvgIpc) is 2.74. The van der Waals surface area contributed by atoms with Gasteiger partial charge in [0.15, 0.2) is 5.82 Å². The van der Waals surface area contributed by atoms with Crippen LogP contribution in [0.25, 0.3) is 0 Å². The van der Waals surface area contributed by atoms with E-state index in [1.807, 2.05) is 13.0 Å². The number of nitrogens with one attached hydrogen (secondary N) is 2. The van der Waals surface area contributed by atoms with Gasteiger partial charge >= 0.3 is 0 Å². The minimum absolute atomic E-state index is 0.000140.